The van der Waals surface area contributed by atoms with E-state index in [4.69, 9.17) is 9.47 Å². The maximum Gasteiger partial charge on any atom is 0.306 e. The lowest BCUT2D eigenvalue weighted by Gasteiger charge is -2.31. The van der Waals surface area contributed by atoms with Gasteiger partial charge in [-0.25, -0.2) is 12.8 Å². The number of anilines is 1. The van der Waals surface area contributed by atoms with Crippen LogP contribution in [0.15, 0.2) is 77.7 Å². The highest BCUT2D eigenvalue weighted by atomic mass is 32.2. The van der Waals surface area contributed by atoms with E-state index in [1.165, 1.54) is 30.3 Å². The number of nitro groups is 1. The molecule has 0 bridgehead atoms. The van der Waals surface area contributed by atoms with Gasteiger partial charge in [-0.1, -0.05) is 36.4 Å². The highest BCUT2D eigenvalue weighted by Gasteiger charge is 2.41. The first-order chi connectivity index (χ1) is 25.3. The van der Waals surface area contributed by atoms with E-state index in [1.54, 1.807) is 6.92 Å². The molecule has 0 radical (unpaired) electrons. The second-order valence-corrected chi connectivity index (χ2v) is 16.6. The molecule has 1 N–H and O–H groups in total. The van der Waals surface area contributed by atoms with E-state index in [-0.39, 0.29) is 37.3 Å². The summed E-state index contributed by atoms with van der Waals surface area (Å²) >= 11 is 1.83. The summed E-state index contributed by atoms with van der Waals surface area (Å²) in [6.45, 7) is 6.08. The molecule has 1 fully saturated rings. The van der Waals surface area contributed by atoms with Crippen LogP contribution < -0.4 is 9.04 Å². The largest absolute Gasteiger partial charge is 0.491 e. The number of hydrogen-bond acceptors (Lipinski definition) is 9. The molecule has 1 aliphatic heterocycles. The van der Waals surface area contributed by atoms with Crippen LogP contribution >= 0.6 is 11.8 Å². The van der Waals surface area contributed by atoms with E-state index >= 15 is 4.39 Å². The molecule has 0 aromatic heterocycles. The highest BCUT2D eigenvalue weighted by molar-refractivity contribution is 7.99. The predicted octanol–water partition coefficient (Wildman–Crippen LogP) is 8.03. The lowest BCUT2D eigenvalue weighted by molar-refractivity contribution is -0.387. The van der Waals surface area contributed by atoms with Gasteiger partial charge in [0.15, 0.2) is 4.90 Å². The number of hydrogen-bond donors (Lipinski definition) is 1. The number of nitro benzene ring substituents is 1. The Balaban J connectivity index is 1.39. The minimum absolute atomic E-state index is 0.0101. The van der Waals surface area contributed by atoms with Crippen molar-refractivity contribution in [2.24, 2.45) is 0 Å². The molecular weight excluding hydrogens is 720 g/mol. The summed E-state index contributed by atoms with van der Waals surface area (Å²) in [4.78, 5) is 22.8. The van der Waals surface area contributed by atoms with Gasteiger partial charge in [0.05, 0.1) is 23.3 Å². The Kier molecular flexibility index (Phi) is 11.5. The lowest BCUT2D eigenvalue weighted by atomic mass is 9.90. The lowest BCUT2D eigenvalue weighted by Crippen LogP contribution is -2.39. The van der Waals surface area contributed by atoms with Gasteiger partial charge in [-0.15, -0.1) is 0 Å². The van der Waals surface area contributed by atoms with Crippen LogP contribution in [0.5, 0.6) is 5.75 Å². The van der Waals surface area contributed by atoms with Gasteiger partial charge in [-0.2, -0.15) is 11.8 Å². The van der Waals surface area contributed by atoms with Crippen molar-refractivity contribution in [1.82, 2.24) is 0 Å². The van der Waals surface area contributed by atoms with Gasteiger partial charge in [0.25, 0.3) is 15.7 Å². The van der Waals surface area contributed by atoms with Gasteiger partial charge >= 0.3 is 5.97 Å². The second kappa shape index (κ2) is 15.9. The van der Waals surface area contributed by atoms with E-state index < -0.39 is 49.0 Å². The van der Waals surface area contributed by atoms with Crippen molar-refractivity contribution in [2.45, 2.75) is 75.8 Å². The normalized spacial score (nSPS) is 16.5. The maximum atomic E-state index is 15.7. The number of carbonyl (C=O) groups is 1. The van der Waals surface area contributed by atoms with Crippen LogP contribution in [0.3, 0.4) is 0 Å². The molecule has 1 saturated heterocycles. The molecule has 1 aliphatic carbocycles. The maximum absolute atomic E-state index is 15.7. The number of rotatable bonds is 13. The number of thioether (sulfide) groups is 1. The molecular formula is C40H43FN2O8S2. The number of nitrogens with zero attached hydrogens (tertiary/aromatic N) is 2. The number of carbonyl (C=O) groups excluding carboxylic acids is 1. The Bertz CT molecular complexity index is 2110. The Labute approximate surface area is 313 Å². The zero-order valence-electron chi connectivity index (χ0n) is 30.0. The third-order valence-electron chi connectivity index (χ3n) is 10.0. The second-order valence-electron chi connectivity index (χ2n) is 13.6. The third kappa shape index (κ3) is 8.07. The number of sulfonamides is 1. The van der Waals surface area contributed by atoms with Crippen molar-refractivity contribution < 1.29 is 37.1 Å². The molecule has 13 heteroatoms. The van der Waals surface area contributed by atoms with Crippen molar-refractivity contribution in [3.05, 3.63) is 117 Å². The average Bonchev–Trinajstić information content (AvgIpc) is 3.55. The molecule has 53 heavy (non-hydrogen) atoms. The standard InChI is InChI=1S/C40H43FN2O8S2/c1-4-50-38(44)17-13-28-12-14-29(24-34(28)41)42(53(48,49)37-11-6-5-10-36(37)43(46)47)35-16-15-31-32(35)8-7-9-33(31)39-26(2)22-30(23-27(39)3)51-25-40(45)18-20-52-21-19-40/h5-12,14,22-24,35,45H,4,13,15-21,25H2,1-3H3. The summed E-state index contributed by atoms with van der Waals surface area (Å²) in [5, 5.41) is 23.0. The van der Waals surface area contributed by atoms with Gasteiger partial charge in [0.2, 0.25) is 0 Å². The van der Waals surface area contributed by atoms with Crippen LogP contribution in [0, 0.1) is 29.8 Å². The fourth-order valence-electron chi connectivity index (χ4n) is 7.42. The zero-order chi connectivity index (χ0) is 37.9. The molecule has 0 spiro atoms. The van der Waals surface area contributed by atoms with Crippen molar-refractivity contribution >= 4 is 39.1 Å². The number of aliphatic hydroxyl groups is 1. The van der Waals surface area contributed by atoms with Crippen LogP contribution in [0.25, 0.3) is 11.1 Å². The summed E-state index contributed by atoms with van der Waals surface area (Å²) in [6.07, 6.45) is 2.22. The number of benzene rings is 4. The predicted molar refractivity (Wildman–Crippen MR) is 204 cm³/mol. The van der Waals surface area contributed by atoms with Crippen LogP contribution in [0.2, 0.25) is 0 Å². The molecule has 6 rings (SSSR count). The minimum Gasteiger partial charge on any atom is -0.491 e. The molecule has 0 amide bonds. The van der Waals surface area contributed by atoms with Gasteiger partial charge < -0.3 is 14.6 Å². The number of para-hydroxylation sites is 1. The fraction of sp³-hybridized carbons (Fsp3) is 0.375. The van der Waals surface area contributed by atoms with Crippen LogP contribution in [-0.4, -0.2) is 54.7 Å². The molecule has 10 nitrogen and oxygen atoms in total. The first kappa shape index (κ1) is 38.3. The molecule has 0 saturated carbocycles. The Hall–Kier alpha value is -4.46. The van der Waals surface area contributed by atoms with E-state index in [2.05, 4.69) is 0 Å². The molecule has 1 atom stereocenters. The summed E-state index contributed by atoms with van der Waals surface area (Å²) in [5.74, 6) is 1.28. The number of esters is 1. The number of fused-ring (bicyclic) bond motifs is 1. The van der Waals surface area contributed by atoms with Crippen LogP contribution in [0.4, 0.5) is 15.8 Å². The summed E-state index contributed by atoms with van der Waals surface area (Å²) in [7, 11) is -4.63. The van der Waals surface area contributed by atoms with Gasteiger partial charge in [-0.3, -0.25) is 19.2 Å². The van der Waals surface area contributed by atoms with E-state index in [0.717, 1.165) is 55.8 Å². The quantitative estimate of drug-likeness (QED) is 0.0816. The molecule has 2 aliphatic rings. The Morgan fingerprint density at radius 3 is 2.45 bits per heavy atom. The highest BCUT2D eigenvalue weighted by Crippen LogP contribution is 2.47. The van der Waals surface area contributed by atoms with Gasteiger partial charge in [-0.05, 0) is 134 Å². The topological polar surface area (TPSA) is 136 Å². The number of aryl methyl sites for hydroxylation is 3. The van der Waals surface area contributed by atoms with Crippen molar-refractivity contribution in [3.63, 3.8) is 0 Å². The van der Waals surface area contributed by atoms with E-state index in [9.17, 15) is 28.4 Å². The summed E-state index contributed by atoms with van der Waals surface area (Å²) in [5.41, 5.74) is 4.25. The first-order valence-electron chi connectivity index (χ1n) is 17.7. The summed E-state index contributed by atoms with van der Waals surface area (Å²) in [6, 6.07) is 18.0. The molecule has 1 unspecified atom stereocenters. The van der Waals surface area contributed by atoms with Crippen molar-refractivity contribution in [1.29, 1.82) is 0 Å². The van der Waals surface area contributed by atoms with Gasteiger partial charge in [0.1, 0.15) is 23.8 Å². The average molecular weight is 763 g/mol. The van der Waals surface area contributed by atoms with Gasteiger partial charge in [0, 0.05) is 12.5 Å². The number of ether oxygens (including phenoxy) is 2. The Morgan fingerprint density at radius 1 is 1.06 bits per heavy atom. The van der Waals surface area contributed by atoms with Crippen LogP contribution in [0.1, 0.15) is 66.5 Å². The van der Waals surface area contributed by atoms with Crippen molar-refractivity contribution in [2.75, 3.05) is 29.0 Å². The smallest absolute Gasteiger partial charge is 0.306 e. The monoisotopic (exact) mass is 762 g/mol. The summed E-state index contributed by atoms with van der Waals surface area (Å²) < 4.78 is 57.2. The Morgan fingerprint density at radius 2 is 1.77 bits per heavy atom. The number of halogens is 1. The molecule has 1 heterocycles. The third-order valence-corrected chi connectivity index (χ3v) is 12.9. The van der Waals surface area contributed by atoms with E-state index in [1.807, 2.05) is 55.9 Å². The molecule has 280 valence electrons. The molecule has 4 aromatic carbocycles. The zero-order valence-corrected chi connectivity index (χ0v) is 31.6. The van der Waals surface area contributed by atoms with Crippen LogP contribution in [-0.2, 0) is 32.4 Å². The SMILES string of the molecule is CCOC(=O)CCc1ccc(N(C2CCc3c(-c4c(C)cc(OCC5(O)CCSCC5)cc4C)cccc32)S(=O)(=O)c2ccccc2[N+](=O)[O-])cc1F. The minimum atomic E-state index is -4.63. The van der Waals surface area contributed by atoms with Crippen molar-refractivity contribution in [3.8, 4) is 16.9 Å². The fourth-order valence-corrected chi connectivity index (χ4v) is 10.5. The molecule has 4 aromatic rings. The van der Waals surface area contributed by atoms with E-state index in [0.29, 0.717) is 37.0 Å². The first-order valence-corrected chi connectivity index (χ1v) is 20.3.